The number of ether oxygens (including phenoxy) is 1. The Morgan fingerprint density at radius 1 is 1.32 bits per heavy atom. The number of hydrogen-bond donors (Lipinski definition) is 2. The van der Waals surface area contributed by atoms with Gasteiger partial charge >= 0.3 is 5.97 Å². The molecule has 0 aromatic heterocycles. The molecule has 1 saturated heterocycles. The number of methoxy groups -OCH3 is 1. The van der Waals surface area contributed by atoms with Crippen LogP contribution in [-0.2, 0) is 24.2 Å². The largest absolute Gasteiger partial charge is 0.480 e. The third-order valence-electron chi connectivity index (χ3n) is 3.97. The van der Waals surface area contributed by atoms with Crippen molar-refractivity contribution in [3.63, 3.8) is 0 Å². The summed E-state index contributed by atoms with van der Waals surface area (Å²) in [4.78, 5) is 23.3. The summed E-state index contributed by atoms with van der Waals surface area (Å²) < 4.78 is 28.1. The predicted molar refractivity (Wildman–Crippen MR) is 65.3 cm³/mol. The molecule has 2 atom stereocenters. The summed E-state index contributed by atoms with van der Waals surface area (Å²) in [5, 5.41) is 11.7. The number of aliphatic carboxylic acids is 1. The molecule has 1 aliphatic carbocycles. The maximum atomic E-state index is 12.1. The topological polar surface area (TPSA) is 110 Å². The van der Waals surface area contributed by atoms with Crippen LogP contribution in [0.1, 0.15) is 19.3 Å². The van der Waals surface area contributed by atoms with Gasteiger partial charge in [0.15, 0.2) is 9.84 Å². The fraction of sp³-hybridized carbons (Fsp3) is 0.818. The van der Waals surface area contributed by atoms with E-state index in [1.165, 1.54) is 7.11 Å². The molecule has 0 bridgehead atoms. The van der Waals surface area contributed by atoms with Crippen molar-refractivity contribution >= 4 is 21.7 Å². The van der Waals surface area contributed by atoms with Gasteiger partial charge in [-0.3, -0.25) is 9.59 Å². The fourth-order valence-electron chi connectivity index (χ4n) is 2.56. The van der Waals surface area contributed by atoms with Crippen molar-refractivity contribution in [3.05, 3.63) is 0 Å². The van der Waals surface area contributed by atoms with Crippen LogP contribution in [0.25, 0.3) is 0 Å². The van der Waals surface area contributed by atoms with E-state index >= 15 is 0 Å². The van der Waals surface area contributed by atoms with Crippen LogP contribution in [-0.4, -0.2) is 56.2 Å². The average molecular weight is 291 g/mol. The monoisotopic (exact) mass is 291 g/mol. The summed E-state index contributed by atoms with van der Waals surface area (Å²) in [6.45, 7) is 0. The van der Waals surface area contributed by atoms with E-state index in [1.54, 1.807) is 0 Å². The Morgan fingerprint density at radius 2 is 1.95 bits per heavy atom. The molecule has 1 heterocycles. The maximum Gasteiger partial charge on any atom is 0.319 e. The Balaban J connectivity index is 2.09. The Kier molecular flexibility index (Phi) is 3.57. The number of rotatable bonds is 4. The van der Waals surface area contributed by atoms with E-state index in [-0.39, 0.29) is 11.5 Å². The molecule has 1 saturated carbocycles. The van der Waals surface area contributed by atoms with Crippen LogP contribution in [0.5, 0.6) is 0 Å². The molecular weight excluding hydrogens is 274 g/mol. The number of nitrogens with one attached hydrogen (secondary N) is 1. The first-order valence-corrected chi connectivity index (χ1v) is 7.90. The summed E-state index contributed by atoms with van der Waals surface area (Å²) in [5.41, 5.74) is -1.38. The molecule has 2 unspecified atom stereocenters. The zero-order valence-corrected chi connectivity index (χ0v) is 11.4. The van der Waals surface area contributed by atoms with Gasteiger partial charge in [-0.1, -0.05) is 6.42 Å². The summed E-state index contributed by atoms with van der Waals surface area (Å²) in [6.07, 6.45) is 0.673. The van der Waals surface area contributed by atoms with Crippen molar-refractivity contribution in [2.75, 3.05) is 18.6 Å². The van der Waals surface area contributed by atoms with Crippen molar-refractivity contribution < 1.29 is 27.9 Å². The van der Waals surface area contributed by atoms with Crippen LogP contribution in [0.3, 0.4) is 0 Å². The molecule has 7 nitrogen and oxygen atoms in total. The summed E-state index contributed by atoms with van der Waals surface area (Å²) in [6, 6.07) is -0.667. The van der Waals surface area contributed by atoms with E-state index < -0.39 is 39.3 Å². The maximum absolute atomic E-state index is 12.1. The molecule has 0 radical (unpaired) electrons. The van der Waals surface area contributed by atoms with Crippen LogP contribution in [0, 0.1) is 5.41 Å². The number of hydrogen-bond acceptors (Lipinski definition) is 5. The second-order valence-corrected chi connectivity index (χ2v) is 7.33. The normalized spacial score (nSPS) is 31.4. The van der Waals surface area contributed by atoms with Crippen molar-refractivity contribution in [1.82, 2.24) is 5.32 Å². The van der Waals surface area contributed by atoms with E-state index in [9.17, 15) is 18.0 Å². The van der Waals surface area contributed by atoms with Gasteiger partial charge in [0.1, 0.15) is 5.41 Å². The Bertz CT molecular complexity index is 495. The Morgan fingerprint density at radius 3 is 2.37 bits per heavy atom. The number of sulfone groups is 1. The molecule has 0 aromatic rings. The second kappa shape index (κ2) is 4.75. The minimum absolute atomic E-state index is 0.144. The summed E-state index contributed by atoms with van der Waals surface area (Å²) in [5.74, 6) is -2.09. The lowest BCUT2D eigenvalue weighted by molar-refractivity contribution is -0.162. The molecule has 1 amide bonds. The van der Waals surface area contributed by atoms with Crippen LogP contribution in [0.15, 0.2) is 0 Å². The summed E-state index contributed by atoms with van der Waals surface area (Å²) in [7, 11) is -1.87. The average Bonchev–Trinajstić information content (AvgIpc) is 2.50. The highest BCUT2D eigenvalue weighted by atomic mass is 32.2. The zero-order chi connectivity index (χ0) is 14.3. The van der Waals surface area contributed by atoms with Crippen molar-refractivity contribution in [2.24, 2.45) is 5.41 Å². The van der Waals surface area contributed by atoms with Gasteiger partial charge in [0.05, 0.1) is 23.7 Å². The van der Waals surface area contributed by atoms with Crippen molar-refractivity contribution in [1.29, 1.82) is 0 Å². The number of amides is 1. The lowest BCUT2D eigenvalue weighted by Gasteiger charge is -2.37. The first-order chi connectivity index (χ1) is 8.81. The summed E-state index contributed by atoms with van der Waals surface area (Å²) >= 11 is 0. The van der Waals surface area contributed by atoms with E-state index in [2.05, 4.69) is 5.32 Å². The molecule has 2 fully saturated rings. The van der Waals surface area contributed by atoms with Gasteiger partial charge < -0.3 is 15.2 Å². The highest BCUT2D eigenvalue weighted by Gasteiger charge is 2.52. The van der Waals surface area contributed by atoms with Crippen LogP contribution in [0.2, 0.25) is 0 Å². The van der Waals surface area contributed by atoms with E-state index in [0.29, 0.717) is 19.3 Å². The standard InChI is InChI=1S/C11H17NO6S/c1-18-8-6-19(16,17)5-7(8)12-9(13)11(10(14)15)3-2-4-11/h7-8H,2-6H2,1H3,(H,12,13)(H,14,15). The van der Waals surface area contributed by atoms with Gasteiger partial charge in [0.2, 0.25) is 5.91 Å². The van der Waals surface area contributed by atoms with E-state index in [0.717, 1.165) is 0 Å². The number of carboxylic acid groups (broad SMARTS) is 1. The Labute approximate surface area is 111 Å². The quantitative estimate of drug-likeness (QED) is 0.654. The third-order valence-corrected chi connectivity index (χ3v) is 5.67. The van der Waals surface area contributed by atoms with E-state index in [1.807, 2.05) is 0 Å². The van der Waals surface area contributed by atoms with Gasteiger partial charge in [-0.2, -0.15) is 0 Å². The van der Waals surface area contributed by atoms with Crippen molar-refractivity contribution in [2.45, 2.75) is 31.4 Å². The zero-order valence-electron chi connectivity index (χ0n) is 10.6. The third kappa shape index (κ3) is 2.46. The van der Waals surface area contributed by atoms with Gasteiger partial charge in [-0.05, 0) is 12.8 Å². The number of carboxylic acids is 1. The van der Waals surface area contributed by atoms with E-state index in [4.69, 9.17) is 9.84 Å². The SMILES string of the molecule is COC1CS(=O)(=O)CC1NC(=O)C1(C(=O)O)CCC1. The molecule has 2 aliphatic rings. The predicted octanol–water partition coefficient (Wildman–Crippen LogP) is -0.830. The Hall–Kier alpha value is -1.15. The molecule has 108 valence electrons. The van der Waals surface area contributed by atoms with Crippen LogP contribution in [0.4, 0.5) is 0 Å². The molecule has 2 N–H and O–H groups in total. The molecular formula is C11H17NO6S. The lowest BCUT2D eigenvalue weighted by atomic mass is 9.68. The van der Waals surface area contributed by atoms with Gasteiger partial charge in [-0.15, -0.1) is 0 Å². The van der Waals surface area contributed by atoms with Crippen molar-refractivity contribution in [3.8, 4) is 0 Å². The number of carbonyl (C=O) groups excluding carboxylic acids is 1. The minimum atomic E-state index is -3.24. The fourth-order valence-corrected chi connectivity index (χ4v) is 4.41. The minimum Gasteiger partial charge on any atom is -0.480 e. The molecule has 8 heteroatoms. The first kappa shape index (κ1) is 14.3. The second-order valence-electron chi connectivity index (χ2n) is 5.17. The smallest absolute Gasteiger partial charge is 0.319 e. The molecule has 0 spiro atoms. The van der Waals surface area contributed by atoms with Gasteiger partial charge in [-0.25, -0.2) is 8.42 Å². The van der Waals surface area contributed by atoms with Crippen LogP contribution >= 0.6 is 0 Å². The van der Waals surface area contributed by atoms with Gasteiger partial charge in [0.25, 0.3) is 0 Å². The molecule has 1 aliphatic heterocycles. The van der Waals surface area contributed by atoms with Gasteiger partial charge in [0, 0.05) is 7.11 Å². The first-order valence-electron chi connectivity index (χ1n) is 6.08. The molecule has 0 aromatic carbocycles. The highest BCUT2D eigenvalue weighted by Crippen LogP contribution is 2.41. The number of carbonyl (C=O) groups is 2. The van der Waals surface area contributed by atoms with Crippen LogP contribution < -0.4 is 5.32 Å². The lowest BCUT2D eigenvalue weighted by Crippen LogP contribution is -2.55. The molecule has 19 heavy (non-hydrogen) atoms. The molecule has 2 rings (SSSR count). The highest BCUT2D eigenvalue weighted by molar-refractivity contribution is 7.91.